The number of ether oxygens (including phenoxy) is 1. The van der Waals surface area contributed by atoms with Gasteiger partial charge < -0.3 is 9.84 Å². The molecule has 0 aliphatic heterocycles. The molecular formula is C12H13FO3. The second-order valence-electron chi connectivity index (χ2n) is 3.12. The molecule has 0 spiro atoms. The fraction of sp³-hybridized carbons (Fsp3) is 0.250. The molecule has 0 amide bonds. The standard InChI is InChI=1S/C12H13FO3/c1-2-16-12(15)5-3-4-9-8-10(14)6-7-11(9)13/h3-4,6-8,14H,2,5H2,1H3. The molecule has 1 N–H and O–H groups in total. The fourth-order valence-corrected chi connectivity index (χ4v) is 1.16. The zero-order valence-corrected chi connectivity index (χ0v) is 8.94. The number of phenolic OH excluding ortho intramolecular Hbond substituents is 1. The van der Waals surface area contributed by atoms with Crippen molar-refractivity contribution in [3.8, 4) is 5.75 Å². The van der Waals surface area contributed by atoms with E-state index in [1.807, 2.05) is 0 Å². The van der Waals surface area contributed by atoms with E-state index in [2.05, 4.69) is 0 Å². The number of benzene rings is 1. The Kier molecular flexibility index (Phi) is 4.51. The molecule has 1 aromatic rings. The molecule has 1 aromatic carbocycles. The minimum Gasteiger partial charge on any atom is -0.508 e. The lowest BCUT2D eigenvalue weighted by molar-refractivity contribution is -0.142. The maximum absolute atomic E-state index is 13.2. The molecule has 3 nitrogen and oxygen atoms in total. The van der Waals surface area contributed by atoms with Gasteiger partial charge in [-0.15, -0.1) is 0 Å². The summed E-state index contributed by atoms with van der Waals surface area (Å²) in [4.78, 5) is 11.0. The molecule has 0 bridgehead atoms. The van der Waals surface area contributed by atoms with Crippen LogP contribution in [0.25, 0.3) is 6.08 Å². The summed E-state index contributed by atoms with van der Waals surface area (Å²) in [5.41, 5.74) is 0.240. The molecule has 1 rings (SSSR count). The first-order valence-electron chi connectivity index (χ1n) is 4.94. The zero-order valence-electron chi connectivity index (χ0n) is 8.94. The largest absolute Gasteiger partial charge is 0.508 e. The smallest absolute Gasteiger partial charge is 0.309 e. The quantitative estimate of drug-likeness (QED) is 0.799. The highest BCUT2D eigenvalue weighted by Crippen LogP contribution is 2.16. The summed E-state index contributed by atoms with van der Waals surface area (Å²) in [5.74, 6) is -0.825. The van der Waals surface area contributed by atoms with Crippen LogP contribution in [-0.2, 0) is 9.53 Å². The molecule has 0 saturated heterocycles. The number of carbonyl (C=O) groups excluding carboxylic acids is 1. The Hall–Kier alpha value is -1.84. The van der Waals surface area contributed by atoms with Gasteiger partial charge in [-0.1, -0.05) is 12.2 Å². The molecule has 0 aliphatic rings. The third-order valence-electron chi connectivity index (χ3n) is 1.87. The molecule has 0 unspecified atom stereocenters. The molecule has 0 radical (unpaired) electrons. The first-order chi connectivity index (χ1) is 7.63. The second kappa shape index (κ2) is 5.90. The fourth-order valence-electron chi connectivity index (χ4n) is 1.16. The van der Waals surface area contributed by atoms with E-state index in [-0.39, 0.29) is 23.7 Å². The highest BCUT2D eigenvalue weighted by molar-refractivity contribution is 5.72. The predicted octanol–water partition coefficient (Wildman–Crippen LogP) is 2.50. The van der Waals surface area contributed by atoms with Gasteiger partial charge in [0.15, 0.2) is 0 Å². The summed E-state index contributed by atoms with van der Waals surface area (Å²) < 4.78 is 17.9. The lowest BCUT2D eigenvalue weighted by Crippen LogP contribution is -2.01. The molecular weight excluding hydrogens is 211 g/mol. The van der Waals surface area contributed by atoms with E-state index in [9.17, 15) is 9.18 Å². The van der Waals surface area contributed by atoms with Crippen LogP contribution in [0, 0.1) is 5.82 Å². The molecule has 0 saturated carbocycles. The van der Waals surface area contributed by atoms with Crippen molar-refractivity contribution in [3.05, 3.63) is 35.7 Å². The number of aromatic hydroxyl groups is 1. The van der Waals surface area contributed by atoms with Gasteiger partial charge in [0.2, 0.25) is 0 Å². The van der Waals surface area contributed by atoms with Crippen molar-refractivity contribution in [2.75, 3.05) is 6.61 Å². The Labute approximate surface area is 93.2 Å². The van der Waals surface area contributed by atoms with Crippen LogP contribution >= 0.6 is 0 Å². The highest BCUT2D eigenvalue weighted by atomic mass is 19.1. The van der Waals surface area contributed by atoms with Crippen molar-refractivity contribution in [3.63, 3.8) is 0 Å². The van der Waals surface area contributed by atoms with Crippen molar-refractivity contribution in [1.82, 2.24) is 0 Å². The van der Waals surface area contributed by atoms with Crippen LogP contribution in [0.2, 0.25) is 0 Å². The predicted molar refractivity (Wildman–Crippen MR) is 58.3 cm³/mol. The normalized spacial score (nSPS) is 10.6. The lowest BCUT2D eigenvalue weighted by atomic mass is 10.2. The lowest BCUT2D eigenvalue weighted by Gasteiger charge is -1.99. The van der Waals surface area contributed by atoms with E-state index < -0.39 is 5.82 Å². The van der Waals surface area contributed by atoms with Gasteiger partial charge in [-0.25, -0.2) is 4.39 Å². The molecule has 0 heterocycles. The number of esters is 1. The van der Waals surface area contributed by atoms with E-state index in [0.29, 0.717) is 6.61 Å². The summed E-state index contributed by atoms with van der Waals surface area (Å²) in [6.07, 6.45) is 3.02. The number of halogens is 1. The van der Waals surface area contributed by atoms with Gasteiger partial charge in [0.1, 0.15) is 11.6 Å². The van der Waals surface area contributed by atoms with Crippen LogP contribution in [0.1, 0.15) is 18.9 Å². The second-order valence-corrected chi connectivity index (χ2v) is 3.12. The van der Waals surface area contributed by atoms with Gasteiger partial charge in [-0.05, 0) is 25.1 Å². The Bertz CT molecular complexity index is 399. The maximum atomic E-state index is 13.2. The molecule has 0 atom stereocenters. The Morgan fingerprint density at radius 2 is 2.31 bits per heavy atom. The third kappa shape index (κ3) is 3.73. The summed E-state index contributed by atoms with van der Waals surface area (Å²) >= 11 is 0. The first kappa shape index (κ1) is 12.2. The number of hydrogen-bond acceptors (Lipinski definition) is 3. The molecule has 4 heteroatoms. The Morgan fingerprint density at radius 1 is 1.56 bits per heavy atom. The van der Waals surface area contributed by atoms with Crippen molar-refractivity contribution in [1.29, 1.82) is 0 Å². The van der Waals surface area contributed by atoms with Crippen LogP contribution in [-0.4, -0.2) is 17.7 Å². The molecule has 86 valence electrons. The molecule has 16 heavy (non-hydrogen) atoms. The number of phenols is 1. The van der Waals surface area contributed by atoms with Gasteiger partial charge in [0.05, 0.1) is 13.0 Å². The van der Waals surface area contributed by atoms with E-state index in [0.717, 1.165) is 0 Å². The van der Waals surface area contributed by atoms with Crippen molar-refractivity contribution in [2.24, 2.45) is 0 Å². The van der Waals surface area contributed by atoms with E-state index in [1.54, 1.807) is 6.92 Å². The monoisotopic (exact) mass is 224 g/mol. The third-order valence-corrected chi connectivity index (χ3v) is 1.87. The van der Waals surface area contributed by atoms with Crippen molar-refractivity contribution in [2.45, 2.75) is 13.3 Å². The average Bonchev–Trinajstić information content (AvgIpc) is 2.23. The number of carbonyl (C=O) groups is 1. The maximum Gasteiger partial charge on any atom is 0.309 e. The molecule has 0 aliphatic carbocycles. The number of hydrogen-bond donors (Lipinski definition) is 1. The van der Waals surface area contributed by atoms with Crippen LogP contribution in [0.5, 0.6) is 5.75 Å². The summed E-state index contributed by atoms with van der Waals surface area (Å²) in [5, 5.41) is 9.14. The first-order valence-corrected chi connectivity index (χ1v) is 4.94. The molecule has 0 fully saturated rings. The summed E-state index contributed by atoms with van der Waals surface area (Å²) in [6, 6.07) is 3.72. The van der Waals surface area contributed by atoms with E-state index in [4.69, 9.17) is 9.84 Å². The molecule has 0 aromatic heterocycles. The van der Waals surface area contributed by atoms with Crippen LogP contribution in [0.3, 0.4) is 0 Å². The zero-order chi connectivity index (χ0) is 12.0. The Balaban J connectivity index is 2.62. The van der Waals surface area contributed by atoms with Crippen molar-refractivity contribution < 1.29 is 19.0 Å². The Morgan fingerprint density at radius 3 is 3.00 bits per heavy atom. The number of rotatable bonds is 4. The van der Waals surface area contributed by atoms with E-state index in [1.165, 1.54) is 30.4 Å². The SMILES string of the molecule is CCOC(=O)CC=Cc1cc(O)ccc1F. The minimum absolute atomic E-state index is 0.0165. The summed E-state index contributed by atoms with van der Waals surface area (Å²) in [6.45, 7) is 2.05. The van der Waals surface area contributed by atoms with Gasteiger partial charge in [0, 0.05) is 5.56 Å². The topological polar surface area (TPSA) is 46.5 Å². The van der Waals surface area contributed by atoms with Gasteiger partial charge in [-0.2, -0.15) is 0 Å². The van der Waals surface area contributed by atoms with Crippen LogP contribution < -0.4 is 0 Å². The van der Waals surface area contributed by atoms with Gasteiger partial charge >= 0.3 is 5.97 Å². The minimum atomic E-state index is -0.446. The average molecular weight is 224 g/mol. The highest BCUT2D eigenvalue weighted by Gasteiger charge is 2.00. The van der Waals surface area contributed by atoms with Crippen LogP contribution in [0.4, 0.5) is 4.39 Å². The van der Waals surface area contributed by atoms with E-state index >= 15 is 0 Å². The van der Waals surface area contributed by atoms with Crippen molar-refractivity contribution >= 4 is 12.0 Å². The van der Waals surface area contributed by atoms with Gasteiger partial charge in [-0.3, -0.25) is 4.79 Å². The van der Waals surface area contributed by atoms with Crippen LogP contribution in [0.15, 0.2) is 24.3 Å². The summed E-state index contributed by atoms with van der Waals surface area (Å²) in [7, 11) is 0. The van der Waals surface area contributed by atoms with Gasteiger partial charge in [0.25, 0.3) is 0 Å².